The smallest absolute Gasteiger partial charge is 0.203 e. The van der Waals surface area contributed by atoms with E-state index in [1.807, 2.05) is 39.5 Å². The van der Waals surface area contributed by atoms with Crippen LogP contribution in [0.25, 0.3) is 17.0 Å². The topological polar surface area (TPSA) is 86.9 Å². The van der Waals surface area contributed by atoms with E-state index < -0.39 is 0 Å². The first-order valence-corrected chi connectivity index (χ1v) is 7.15. The highest BCUT2D eigenvalue weighted by atomic mass is 32.1. The minimum absolute atomic E-state index is 0.473. The molecule has 21 heavy (non-hydrogen) atoms. The molecule has 7 nitrogen and oxygen atoms in total. The molecule has 4 aromatic rings. The fraction of sp³-hybridized carbons (Fsp3) is 0.0769. The van der Waals surface area contributed by atoms with Crippen LogP contribution in [0.3, 0.4) is 0 Å². The molecule has 0 atom stereocenters. The fourth-order valence-electron chi connectivity index (χ4n) is 2.27. The van der Waals surface area contributed by atoms with Crippen LogP contribution in [0.4, 0.5) is 5.13 Å². The minimum atomic E-state index is 0.473. The van der Waals surface area contributed by atoms with Crippen molar-refractivity contribution < 1.29 is 0 Å². The van der Waals surface area contributed by atoms with Gasteiger partial charge < -0.3 is 10.3 Å². The Bertz CT molecular complexity index is 904. The minimum Gasteiger partial charge on any atom is -0.374 e. The summed E-state index contributed by atoms with van der Waals surface area (Å²) in [5.74, 6) is 0.832. The Morgan fingerprint density at radius 3 is 2.95 bits per heavy atom. The van der Waals surface area contributed by atoms with Gasteiger partial charge in [0.1, 0.15) is 10.7 Å². The first-order chi connectivity index (χ1) is 10.3. The van der Waals surface area contributed by atoms with Crippen LogP contribution in [0.15, 0.2) is 42.9 Å². The second-order valence-corrected chi connectivity index (χ2v) is 5.59. The van der Waals surface area contributed by atoms with Crippen LogP contribution in [0.1, 0.15) is 5.01 Å². The maximum absolute atomic E-state index is 5.62. The highest BCUT2D eigenvalue weighted by molar-refractivity contribution is 7.15. The van der Waals surface area contributed by atoms with Gasteiger partial charge in [-0.15, -0.1) is 10.2 Å². The summed E-state index contributed by atoms with van der Waals surface area (Å²) in [7, 11) is 0. The summed E-state index contributed by atoms with van der Waals surface area (Å²) in [6, 6.07) is 7.96. The number of rotatable bonds is 3. The Morgan fingerprint density at radius 2 is 2.10 bits per heavy atom. The quantitative estimate of drug-likeness (QED) is 0.621. The number of aromatic nitrogens is 6. The molecule has 0 saturated heterocycles. The van der Waals surface area contributed by atoms with E-state index in [0.717, 1.165) is 22.0 Å². The zero-order valence-corrected chi connectivity index (χ0v) is 11.7. The Hall–Kier alpha value is -2.74. The van der Waals surface area contributed by atoms with E-state index in [9.17, 15) is 0 Å². The van der Waals surface area contributed by atoms with E-state index >= 15 is 0 Å². The van der Waals surface area contributed by atoms with Gasteiger partial charge in [-0.05, 0) is 18.2 Å². The van der Waals surface area contributed by atoms with Gasteiger partial charge in [-0.25, -0.2) is 9.50 Å². The summed E-state index contributed by atoms with van der Waals surface area (Å²) < 4.78 is 3.88. The molecule has 0 aliphatic heterocycles. The van der Waals surface area contributed by atoms with E-state index in [1.54, 1.807) is 12.4 Å². The van der Waals surface area contributed by atoms with Crippen molar-refractivity contribution in [1.29, 1.82) is 0 Å². The van der Waals surface area contributed by atoms with Gasteiger partial charge in [0.25, 0.3) is 0 Å². The van der Waals surface area contributed by atoms with Gasteiger partial charge in [-0.3, -0.25) is 0 Å². The first kappa shape index (κ1) is 12.0. The van der Waals surface area contributed by atoms with Gasteiger partial charge in [0, 0.05) is 12.4 Å². The molecule has 0 bridgehead atoms. The second kappa shape index (κ2) is 4.67. The monoisotopic (exact) mass is 297 g/mol. The Labute approximate surface area is 123 Å². The molecule has 4 heterocycles. The summed E-state index contributed by atoms with van der Waals surface area (Å²) in [5, 5.41) is 13.6. The number of imidazole rings is 1. The average molecular weight is 297 g/mol. The molecule has 0 saturated carbocycles. The zero-order valence-electron chi connectivity index (χ0n) is 10.9. The van der Waals surface area contributed by atoms with Gasteiger partial charge in [0.2, 0.25) is 5.13 Å². The summed E-state index contributed by atoms with van der Waals surface area (Å²) in [4.78, 5) is 4.45. The number of nitrogens with two attached hydrogens (primary N) is 1. The number of pyridine rings is 1. The predicted octanol–water partition coefficient (Wildman–Crippen LogP) is 1.68. The van der Waals surface area contributed by atoms with E-state index in [0.29, 0.717) is 11.7 Å². The number of nitrogens with zero attached hydrogens (tertiary/aromatic N) is 6. The Balaban J connectivity index is 1.79. The van der Waals surface area contributed by atoms with E-state index in [1.165, 1.54) is 11.3 Å². The molecule has 4 aromatic heterocycles. The Morgan fingerprint density at radius 1 is 1.14 bits per heavy atom. The maximum atomic E-state index is 5.62. The van der Waals surface area contributed by atoms with Crippen LogP contribution in [-0.2, 0) is 6.54 Å². The van der Waals surface area contributed by atoms with Gasteiger partial charge in [0.15, 0.2) is 5.82 Å². The molecule has 0 fully saturated rings. The van der Waals surface area contributed by atoms with Crippen LogP contribution >= 0.6 is 11.3 Å². The lowest BCUT2D eigenvalue weighted by atomic mass is 10.3. The summed E-state index contributed by atoms with van der Waals surface area (Å²) in [6.07, 6.45) is 5.45. The molecule has 0 unspecified atom stereocenters. The third kappa shape index (κ3) is 2.05. The molecule has 104 valence electrons. The second-order valence-electron chi connectivity index (χ2n) is 4.49. The molecule has 2 N–H and O–H groups in total. The number of nitrogen functional groups attached to an aromatic ring is 1. The van der Waals surface area contributed by atoms with Crippen LogP contribution in [-0.4, -0.2) is 29.4 Å². The highest BCUT2D eigenvalue weighted by Crippen LogP contribution is 2.21. The molecule has 0 spiro atoms. The predicted molar refractivity (Wildman–Crippen MR) is 79.8 cm³/mol. The van der Waals surface area contributed by atoms with Crippen LogP contribution in [0, 0.1) is 0 Å². The number of anilines is 1. The molecule has 0 amide bonds. The Kier molecular flexibility index (Phi) is 2.68. The molecular formula is C13H11N7S. The van der Waals surface area contributed by atoms with Crippen molar-refractivity contribution >= 4 is 22.0 Å². The fourth-order valence-corrected chi connectivity index (χ4v) is 2.87. The van der Waals surface area contributed by atoms with E-state index in [2.05, 4.69) is 20.3 Å². The third-order valence-electron chi connectivity index (χ3n) is 3.15. The summed E-state index contributed by atoms with van der Waals surface area (Å²) in [6.45, 7) is 0.585. The van der Waals surface area contributed by atoms with Gasteiger partial charge in [0.05, 0.1) is 18.3 Å². The molecule has 0 aliphatic rings. The van der Waals surface area contributed by atoms with Crippen LogP contribution in [0.2, 0.25) is 0 Å². The first-order valence-electron chi connectivity index (χ1n) is 6.33. The van der Waals surface area contributed by atoms with Crippen molar-refractivity contribution in [2.24, 2.45) is 0 Å². The lowest BCUT2D eigenvalue weighted by molar-refractivity contribution is 0.777. The van der Waals surface area contributed by atoms with Crippen LogP contribution < -0.4 is 5.73 Å². The number of hydrogen-bond acceptors (Lipinski definition) is 6. The van der Waals surface area contributed by atoms with Gasteiger partial charge in [-0.2, -0.15) is 5.10 Å². The highest BCUT2D eigenvalue weighted by Gasteiger charge is 2.12. The lowest BCUT2D eigenvalue weighted by Gasteiger charge is -2.07. The molecular weight excluding hydrogens is 286 g/mol. The van der Waals surface area contributed by atoms with Crippen molar-refractivity contribution in [1.82, 2.24) is 29.4 Å². The van der Waals surface area contributed by atoms with Gasteiger partial charge >= 0.3 is 0 Å². The molecule has 4 rings (SSSR count). The van der Waals surface area contributed by atoms with E-state index in [4.69, 9.17) is 5.73 Å². The van der Waals surface area contributed by atoms with Crippen molar-refractivity contribution in [3.63, 3.8) is 0 Å². The maximum Gasteiger partial charge on any atom is 0.203 e. The SMILES string of the molecule is Nc1nnc(Cn2ccnc2-c2cccc3ccnn23)s1. The third-order valence-corrected chi connectivity index (χ3v) is 3.89. The van der Waals surface area contributed by atoms with Crippen molar-refractivity contribution in [2.45, 2.75) is 6.54 Å². The van der Waals surface area contributed by atoms with Crippen LogP contribution in [0.5, 0.6) is 0 Å². The molecule has 0 aliphatic carbocycles. The standard InChI is InChI=1S/C13H11N7S/c14-13-18-17-11(21-13)8-19-7-6-15-12(19)10-3-1-2-9-4-5-16-20(9)10/h1-7H,8H2,(H2,14,18). The normalized spacial score (nSPS) is 11.2. The van der Waals surface area contributed by atoms with Crippen molar-refractivity contribution in [3.8, 4) is 11.5 Å². The summed E-state index contributed by atoms with van der Waals surface area (Å²) >= 11 is 1.38. The zero-order chi connectivity index (χ0) is 14.2. The number of hydrogen-bond donors (Lipinski definition) is 1. The van der Waals surface area contributed by atoms with Crippen molar-refractivity contribution in [3.05, 3.63) is 47.9 Å². The average Bonchev–Trinajstić information content (AvgIpc) is 3.19. The van der Waals surface area contributed by atoms with Crippen molar-refractivity contribution in [2.75, 3.05) is 5.73 Å². The largest absolute Gasteiger partial charge is 0.374 e. The summed E-state index contributed by atoms with van der Waals surface area (Å²) in [5.41, 5.74) is 7.58. The van der Waals surface area contributed by atoms with Gasteiger partial charge in [-0.1, -0.05) is 17.4 Å². The molecule has 0 aromatic carbocycles. The molecule has 0 radical (unpaired) electrons. The lowest BCUT2D eigenvalue weighted by Crippen LogP contribution is -2.04. The molecule has 8 heteroatoms. The number of fused-ring (bicyclic) bond motifs is 1. The van der Waals surface area contributed by atoms with E-state index in [-0.39, 0.29) is 0 Å².